The average molecular weight is 229 g/mol. The molecule has 3 rings (SSSR count). The van der Waals surface area contributed by atoms with Gasteiger partial charge in [-0.25, -0.2) is 0 Å². The van der Waals surface area contributed by atoms with Crippen molar-refractivity contribution in [2.75, 3.05) is 0 Å². The number of hydrogen-bond acceptors (Lipinski definition) is 1. The van der Waals surface area contributed by atoms with Crippen molar-refractivity contribution in [3.05, 3.63) is 34.9 Å². The van der Waals surface area contributed by atoms with Gasteiger partial charge in [0.25, 0.3) is 0 Å². The van der Waals surface area contributed by atoms with Crippen LogP contribution >= 0.6 is 0 Å². The van der Waals surface area contributed by atoms with Crippen LogP contribution in [0.3, 0.4) is 0 Å². The summed E-state index contributed by atoms with van der Waals surface area (Å²) < 4.78 is 0. The number of fused-ring (bicyclic) bond motifs is 2. The molecule has 3 atom stereocenters. The Labute approximate surface area is 105 Å². The fraction of sp³-hybridized carbons (Fsp3) is 0.625. The van der Waals surface area contributed by atoms with Crippen LogP contribution in [-0.4, -0.2) is 6.04 Å². The van der Waals surface area contributed by atoms with E-state index < -0.39 is 0 Å². The lowest BCUT2D eigenvalue weighted by molar-refractivity contribution is 0.350. The lowest BCUT2D eigenvalue weighted by Crippen LogP contribution is -2.33. The van der Waals surface area contributed by atoms with Gasteiger partial charge in [0.05, 0.1) is 0 Å². The van der Waals surface area contributed by atoms with Gasteiger partial charge in [-0.1, -0.05) is 24.6 Å². The van der Waals surface area contributed by atoms with E-state index in [0.717, 1.165) is 24.4 Å². The molecule has 1 aromatic rings. The van der Waals surface area contributed by atoms with Crippen molar-refractivity contribution < 1.29 is 0 Å². The first-order valence-electron chi connectivity index (χ1n) is 7.02. The lowest BCUT2D eigenvalue weighted by Gasteiger charge is -2.23. The first-order chi connectivity index (χ1) is 8.24. The van der Waals surface area contributed by atoms with E-state index in [1.54, 1.807) is 0 Å². The third kappa shape index (κ3) is 2.13. The second-order valence-corrected chi connectivity index (χ2v) is 6.02. The SMILES string of the molecule is Cc1cccc(CNC2CC3CCC2C3)c1C. The summed E-state index contributed by atoms with van der Waals surface area (Å²) in [5.74, 6) is 2.02. The van der Waals surface area contributed by atoms with Crippen LogP contribution in [0.4, 0.5) is 0 Å². The van der Waals surface area contributed by atoms with E-state index in [4.69, 9.17) is 0 Å². The van der Waals surface area contributed by atoms with Gasteiger partial charge in [-0.3, -0.25) is 0 Å². The van der Waals surface area contributed by atoms with Crippen molar-refractivity contribution in [1.82, 2.24) is 5.32 Å². The van der Waals surface area contributed by atoms with Crippen LogP contribution < -0.4 is 5.32 Å². The molecule has 0 spiro atoms. The van der Waals surface area contributed by atoms with E-state index in [-0.39, 0.29) is 0 Å². The standard InChI is InChI=1S/C16H23N/c1-11-4-3-5-15(12(11)2)10-17-16-9-13-6-7-14(16)8-13/h3-5,13-14,16-17H,6-10H2,1-2H3. The zero-order valence-electron chi connectivity index (χ0n) is 11.0. The van der Waals surface area contributed by atoms with Crippen molar-refractivity contribution in [1.29, 1.82) is 0 Å². The molecule has 0 heterocycles. The summed E-state index contributed by atoms with van der Waals surface area (Å²) in [6.45, 7) is 5.50. The van der Waals surface area contributed by atoms with E-state index in [2.05, 4.69) is 37.4 Å². The maximum Gasteiger partial charge on any atom is 0.0210 e. The Balaban J connectivity index is 1.62. The molecule has 2 aliphatic carbocycles. The first-order valence-corrected chi connectivity index (χ1v) is 7.02. The van der Waals surface area contributed by atoms with Gasteiger partial charge in [0.2, 0.25) is 0 Å². The van der Waals surface area contributed by atoms with E-state index in [0.29, 0.717) is 0 Å². The molecule has 2 saturated carbocycles. The molecular formula is C16H23N. The molecule has 1 aromatic carbocycles. The third-order valence-corrected chi connectivity index (χ3v) is 5.01. The molecular weight excluding hydrogens is 206 g/mol. The summed E-state index contributed by atoms with van der Waals surface area (Å²) in [5, 5.41) is 3.80. The highest BCUT2D eigenvalue weighted by molar-refractivity contribution is 5.33. The third-order valence-electron chi connectivity index (χ3n) is 5.01. The number of aryl methyl sites for hydroxylation is 1. The highest BCUT2D eigenvalue weighted by atomic mass is 14.9. The number of rotatable bonds is 3. The van der Waals surface area contributed by atoms with Crippen LogP contribution in [0.15, 0.2) is 18.2 Å². The fourth-order valence-electron chi connectivity index (χ4n) is 3.74. The minimum atomic E-state index is 0.800. The van der Waals surface area contributed by atoms with Crippen molar-refractivity contribution in [3.63, 3.8) is 0 Å². The molecule has 0 amide bonds. The largest absolute Gasteiger partial charge is 0.310 e. The smallest absolute Gasteiger partial charge is 0.0210 e. The van der Waals surface area contributed by atoms with E-state index in [9.17, 15) is 0 Å². The molecule has 0 radical (unpaired) electrons. The number of hydrogen-bond donors (Lipinski definition) is 1. The lowest BCUT2D eigenvalue weighted by atomic mass is 9.95. The Morgan fingerprint density at radius 2 is 2.06 bits per heavy atom. The zero-order valence-corrected chi connectivity index (χ0v) is 11.0. The predicted octanol–water partition coefficient (Wildman–Crippen LogP) is 3.58. The van der Waals surface area contributed by atoms with Crippen molar-refractivity contribution in [2.45, 2.75) is 52.1 Å². The zero-order chi connectivity index (χ0) is 11.8. The molecule has 0 aliphatic heterocycles. The summed E-state index contributed by atoms with van der Waals surface area (Å²) in [5.41, 5.74) is 4.35. The molecule has 2 bridgehead atoms. The maximum absolute atomic E-state index is 3.80. The van der Waals surface area contributed by atoms with Crippen LogP contribution in [-0.2, 0) is 6.54 Å². The quantitative estimate of drug-likeness (QED) is 0.835. The molecule has 1 heteroatoms. The Morgan fingerprint density at radius 1 is 1.18 bits per heavy atom. The second kappa shape index (κ2) is 4.45. The highest BCUT2D eigenvalue weighted by Crippen LogP contribution is 2.44. The van der Waals surface area contributed by atoms with Gasteiger partial charge in [0.1, 0.15) is 0 Å². The minimum absolute atomic E-state index is 0.800. The van der Waals surface area contributed by atoms with Gasteiger partial charge in [0, 0.05) is 12.6 Å². The molecule has 3 unspecified atom stereocenters. The molecule has 1 nitrogen and oxygen atoms in total. The normalized spacial score (nSPS) is 31.1. The summed E-state index contributed by atoms with van der Waals surface area (Å²) in [4.78, 5) is 0. The van der Waals surface area contributed by atoms with Gasteiger partial charge in [0.15, 0.2) is 0 Å². The maximum atomic E-state index is 3.80. The van der Waals surface area contributed by atoms with E-state index >= 15 is 0 Å². The van der Waals surface area contributed by atoms with Crippen LogP contribution in [0, 0.1) is 25.7 Å². The second-order valence-electron chi connectivity index (χ2n) is 6.02. The van der Waals surface area contributed by atoms with Crippen molar-refractivity contribution in [2.24, 2.45) is 11.8 Å². The Kier molecular flexibility index (Phi) is 2.96. The number of nitrogens with one attached hydrogen (secondary N) is 1. The highest BCUT2D eigenvalue weighted by Gasteiger charge is 2.38. The predicted molar refractivity (Wildman–Crippen MR) is 72.0 cm³/mol. The monoisotopic (exact) mass is 229 g/mol. The van der Waals surface area contributed by atoms with Gasteiger partial charge < -0.3 is 5.32 Å². The minimum Gasteiger partial charge on any atom is -0.310 e. The average Bonchev–Trinajstić information content (AvgIpc) is 2.93. The fourth-order valence-corrected chi connectivity index (χ4v) is 3.74. The molecule has 0 aromatic heterocycles. The summed E-state index contributed by atoms with van der Waals surface area (Å²) in [7, 11) is 0. The Morgan fingerprint density at radius 3 is 2.76 bits per heavy atom. The van der Waals surface area contributed by atoms with Gasteiger partial charge in [-0.15, -0.1) is 0 Å². The van der Waals surface area contributed by atoms with Crippen LogP contribution in [0.1, 0.15) is 42.4 Å². The summed E-state index contributed by atoms with van der Waals surface area (Å²) >= 11 is 0. The summed E-state index contributed by atoms with van der Waals surface area (Å²) in [6, 6.07) is 7.45. The summed E-state index contributed by atoms with van der Waals surface area (Å²) in [6.07, 6.45) is 5.88. The van der Waals surface area contributed by atoms with E-state index in [1.807, 2.05) is 0 Å². The van der Waals surface area contributed by atoms with Crippen molar-refractivity contribution >= 4 is 0 Å². The first kappa shape index (κ1) is 11.3. The van der Waals surface area contributed by atoms with Crippen LogP contribution in [0.2, 0.25) is 0 Å². The molecule has 17 heavy (non-hydrogen) atoms. The topological polar surface area (TPSA) is 12.0 Å². The van der Waals surface area contributed by atoms with Gasteiger partial charge in [-0.2, -0.15) is 0 Å². The van der Waals surface area contributed by atoms with Gasteiger partial charge in [-0.05, 0) is 61.6 Å². The van der Waals surface area contributed by atoms with E-state index in [1.165, 1.54) is 42.4 Å². The van der Waals surface area contributed by atoms with Gasteiger partial charge >= 0.3 is 0 Å². The van der Waals surface area contributed by atoms with Crippen molar-refractivity contribution in [3.8, 4) is 0 Å². The number of benzene rings is 1. The van der Waals surface area contributed by atoms with Crippen LogP contribution in [0.5, 0.6) is 0 Å². The van der Waals surface area contributed by atoms with Crippen LogP contribution in [0.25, 0.3) is 0 Å². The molecule has 92 valence electrons. The Bertz CT molecular complexity index is 410. The molecule has 0 saturated heterocycles. The molecule has 2 fully saturated rings. The molecule has 2 aliphatic rings. The Hall–Kier alpha value is -0.820. The molecule has 1 N–H and O–H groups in total.